The summed E-state index contributed by atoms with van der Waals surface area (Å²) in [4.78, 5) is 17.3. The third-order valence-corrected chi connectivity index (χ3v) is 5.07. The molecule has 4 heteroatoms. The number of hydrogen-bond donors (Lipinski definition) is 0. The van der Waals surface area contributed by atoms with Gasteiger partial charge in [0.25, 0.3) is 0 Å². The predicted molar refractivity (Wildman–Crippen MR) is 83.1 cm³/mol. The molecule has 118 valence electrons. The molecular weight excluding hydrogens is 264 g/mol. The number of hydrogen-bond acceptors (Lipinski definition) is 3. The first-order chi connectivity index (χ1) is 10.3. The van der Waals surface area contributed by atoms with Gasteiger partial charge in [0.1, 0.15) is 0 Å². The largest absolute Gasteiger partial charge is 0.379 e. The van der Waals surface area contributed by atoms with Crippen molar-refractivity contribution in [2.75, 3.05) is 39.4 Å². The highest BCUT2D eigenvalue weighted by molar-refractivity contribution is 5.77. The minimum Gasteiger partial charge on any atom is -0.379 e. The summed E-state index contributed by atoms with van der Waals surface area (Å²) in [5, 5.41) is 0. The maximum absolute atomic E-state index is 12.7. The van der Waals surface area contributed by atoms with Gasteiger partial charge in [-0.1, -0.05) is 12.2 Å². The monoisotopic (exact) mass is 292 g/mol. The van der Waals surface area contributed by atoms with Crippen molar-refractivity contribution in [3.05, 3.63) is 12.2 Å². The quantitative estimate of drug-likeness (QED) is 0.744. The fourth-order valence-electron chi connectivity index (χ4n) is 3.81. The summed E-state index contributed by atoms with van der Waals surface area (Å²) in [7, 11) is 0. The Bertz CT molecular complexity index is 377. The van der Waals surface area contributed by atoms with E-state index < -0.39 is 0 Å². The Morgan fingerprint density at radius 3 is 2.76 bits per heavy atom. The van der Waals surface area contributed by atoms with Crippen LogP contribution < -0.4 is 0 Å². The molecule has 2 atom stereocenters. The van der Waals surface area contributed by atoms with E-state index in [1.54, 1.807) is 0 Å². The van der Waals surface area contributed by atoms with Crippen LogP contribution in [0, 0.1) is 5.92 Å². The maximum atomic E-state index is 12.7. The number of allylic oxidation sites excluding steroid dienone is 2. The number of morpholine rings is 1. The van der Waals surface area contributed by atoms with E-state index in [4.69, 9.17) is 4.74 Å². The molecule has 3 rings (SSSR count). The van der Waals surface area contributed by atoms with Crippen molar-refractivity contribution in [3.8, 4) is 0 Å². The second-order valence-corrected chi connectivity index (χ2v) is 6.62. The Labute approximate surface area is 128 Å². The van der Waals surface area contributed by atoms with Crippen LogP contribution in [0.2, 0.25) is 0 Å². The number of rotatable bonds is 4. The van der Waals surface area contributed by atoms with Gasteiger partial charge >= 0.3 is 0 Å². The summed E-state index contributed by atoms with van der Waals surface area (Å²) >= 11 is 0. The Morgan fingerprint density at radius 1 is 1.14 bits per heavy atom. The van der Waals surface area contributed by atoms with Crippen LogP contribution in [0.25, 0.3) is 0 Å². The van der Waals surface area contributed by atoms with E-state index in [-0.39, 0.29) is 0 Å². The average molecular weight is 292 g/mol. The van der Waals surface area contributed by atoms with Gasteiger partial charge in [-0.05, 0) is 38.0 Å². The van der Waals surface area contributed by atoms with Crippen LogP contribution in [0.3, 0.4) is 0 Å². The van der Waals surface area contributed by atoms with Gasteiger partial charge in [0, 0.05) is 38.6 Å². The number of carbonyl (C=O) groups is 1. The number of amides is 1. The van der Waals surface area contributed by atoms with Gasteiger partial charge in [-0.25, -0.2) is 0 Å². The van der Waals surface area contributed by atoms with Gasteiger partial charge in [0.2, 0.25) is 5.91 Å². The summed E-state index contributed by atoms with van der Waals surface area (Å²) in [6.45, 7) is 5.72. The molecule has 0 unspecified atom stereocenters. The molecule has 0 N–H and O–H groups in total. The van der Waals surface area contributed by atoms with Gasteiger partial charge in [-0.3, -0.25) is 9.69 Å². The van der Waals surface area contributed by atoms with Crippen molar-refractivity contribution in [3.63, 3.8) is 0 Å². The summed E-state index contributed by atoms with van der Waals surface area (Å²) in [5.74, 6) is 0.868. The lowest BCUT2D eigenvalue weighted by Gasteiger charge is -2.40. The van der Waals surface area contributed by atoms with Gasteiger partial charge in [0.05, 0.1) is 13.2 Å². The van der Waals surface area contributed by atoms with E-state index in [1.807, 2.05) is 0 Å². The smallest absolute Gasteiger partial charge is 0.223 e. The van der Waals surface area contributed by atoms with E-state index in [1.165, 1.54) is 19.3 Å². The van der Waals surface area contributed by atoms with Crippen LogP contribution >= 0.6 is 0 Å². The lowest BCUT2D eigenvalue weighted by atomic mass is 9.98. The molecule has 2 fully saturated rings. The normalized spacial score (nSPS) is 30.8. The molecule has 1 amide bonds. The third-order valence-electron chi connectivity index (χ3n) is 5.07. The molecule has 0 aromatic heterocycles. The minimum absolute atomic E-state index is 0.379. The van der Waals surface area contributed by atoms with Crippen LogP contribution in [-0.4, -0.2) is 61.1 Å². The Hall–Kier alpha value is -0.870. The van der Waals surface area contributed by atoms with Crippen molar-refractivity contribution in [1.29, 1.82) is 0 Å². The van der Waals surface area contributed by atoms with Crippen LogP contribution in [0.5, 0.6) is 0 Å². The zero-order chi connectivity index (χ0) is 14.5. The molecule has 0 aromatic carbocycles. The van der Waals surface area contributed by atoms with E-state index >= 15 is 0 Å². The molecule has 4 nitrogen and oxygen atoms in total. The summed E-state index contributed by atoms with van der Waals surface area (Å²) in [6, 6.07) is 0.426. The Morgan fingerprint density at radius 2 is 2.00 bits per heavy atom. The van der Waals surface area contributed by atoms with Crippen LogP contribution in [-0.2, 0) is 9.53 Å². The highest BCUT2D eigenvalue weighted by Crippen LogP contribution is 2.25. The zero-order valence-electron chi connectivity index (χ0n) is 13.0. The molecule has 0 bridgehead atoms. The van der Waals surface area contributed by atoms with Gasteiger partial charge in [-0.15, -0.1) is 0 Å². The second kappa shape index (κ2) is 7.41. The van der Waals surface area contributed by atoms with Crippen molar-refractivity contribution in [1.82, 2.24) is 9.80 Å². The predicted octanol–water partition coefficient (Wildman–Crippen LogP) is 2.06. The fourth-order valence-corrected chi connectivity index (χ4v) is 3.81. The van der Waals surface area contributed by atoms with E-state index in [9.17, 15) is 4.79 Å². The molecule has 1 aliphatic carbocycles. The van der Waals surface area contributed by atoms with Crippen molar-refractivity contribution in [2.24, 2.45) is 5.92 Å². The van der Waals surface area contributed by atoms with Crippen LogP contribution in [0.4, 0.5) is 0 Å². The zero-order valence-corrected chi connectivity index (χ0v) is 13.0. The summed E-state index contributed by atoms with van der Waals surface area (Å²) < 4.78 is 5.42. The lowest BCUT2D eigenvalue weighted by molar-refractivity contribution is -0.136. The number of ether oxygens (including phenoxy) is 1. The summed E-state index contributed by atoms with van der Waals surface area (Å²) in [5.41, 5.74) is 0. The van der Waals surface area contributed by atoms with Crippen LogP contribution in [0.15, 0.2) is 12.2 Å². The average Bonchev–Trinajstić information content (AvgIpc) is 3.02. The van der Waals surface area contributed by atoms with E-state index in [2.05, 4.69) is 22.0 Å². The number of nitrogens with zero attached hydrogens (tertiary/aromatic N) is 2. The van der Waals surface area contributed by atoms with E-state index in [0.29, 0.717) is 17.9 Å². The van der Waals surface area contributed by atoms with Crippen molar-refractivity contribution >= 4 is 5.91 Å². The fraction of sp³-hybridized carbons (Fsp3) is 0.824. The molecule has 21 heavy (non-hydrogen) atoms. The number of carbonyl (C=O) groups excluding carboxylic acids is 1. The van der Waals surface area contributed by atoms with Crippen LogP contribution in [0.1, 0.15) is 38.5 Å². The SMILES string of the molecule is O=C(C[C@H]1C=CCC1)N1CCCC[C@H]1CN1CCOCC1. The topological polar surface area (TPSA) is 32.8 Å². The molecule has 0 aromatic rings. The molecule has 2 saturated heterocycles. The van der Waals surface area contributed by atoms with Gasteiger partial charge in [0.15, 0.2) is 0 Å². The third kappa shape index (κ3) is 4.07. The molecule has 2 heterocycles. The van der Waals surface area contributed by atoms with E-state index in [0.717, 1.165) is 58.7 Å². The molecule has 3 aliphatic rings. The Balaban J connectivity index is 1.54. The standard InChI is InChI=1S/C17H28N2O2/c20-17(13-15-5-1-2-6-15)19-8-4-3-7-16(19)14-18-9-11-21-12-10-18/h1,5,15-16H,2-4,6-14H2/t15-,16-/m0/s1. The second-order valence-electron chi connectivity index (χ2n) is 6.62. The molecule has 0 radical (unpaired) electrons. The molecular formula is C17H28N2O2. The maximum Gasteiger partial charge on any atom is 0.223 e. The minimum atomic E-state index is 0.379. The van der Waals surface area contributed by atoms with Crippen molar-refractivity contribution < 1.29 is 9.53 Å². The summed E-state index contributed by atoms with van der Waals surface area (Å²) in [6.07, 6.45) is 11.1. The first-order valence-electron chi connectivity index (χ1n) is 8.59. The molecule has 0 spiro atoms. The lowest BCUT2D eigenvalue weighted by Crippen LogP contribution is -2.51. The Kier molecular flexibility index (Phi) is 5.31. The number of piperidine rings is 1. The molecule has 2 aliphatic heterocycles. The molecule has 0 saturated carbocycles. The number of likely N-dealkylation sites (tertiary alicyclic amines) is 1. The highest BCUT2D eigenvalue weighted by Gasteiger charge is 2.29. The van der Waals surface area contributed by atoms with Gasteiger partial charge < -0.3 is 9.64 Å². The van der Waals surface area contributed by atoms with Crippen molar-refractivity contribution in [2.45, 2.75) is 44.6 Å². The first kappa shape index (κ1) is 15.0. The van der Waals surface area contributed by atoms with Gasteiger partial charge in [-0.2, -0.15) is 0 Å². The highest BCUT2D eigenvalue weighted by atomic mass is 16.5. The first-order valence-corrected chi connectivity index (χ1v) is 8.59.